The third-order valence-corrected chi connectivity index (χ3v) is 6.04. The number of hydrogen-bond acceptors (Lipinski definition) is 2. The van der Waals surface area contributed by atoms with Crippen LogP contribution in [0.15, 0.2) is 16.9 Å². The van der Waals surface area contributed by atoms with Crippen molar-refractivity contribution < 1.29 is 4.52 Å². The van der Waals surface area contributed by atoms with E-state index in [9.17, 15) is 0 Å². The van der Waals surface area contributed by atoms with E-state index >= 15 is 0 Å². The van der Waals surface area contributed by atoms with Gasteiger partial charge in [-0.05, 0) is 0 Å². The molecule has 0 aliphatic carbocycles. The van der Waals surface area contributed by atoms with Crippen molar-refractivity contribution in [2.75, 3.05) is 0 Å². The second-order valence-electron chi connectivity index (χ2n) is 4.03. The minimum absolute atomic E-state index is 0.661. The number of nitrogens with zero attached hydrogens (tertiary/aromatic N) is 1. The van der Waals surface area contributed by atoms with E-state index in [-0.39, 0.29) is 0 Å². The summed E-state index contributed by atoms with van der Waals surface area (Å²) in [6, 6.07) is 2.02. The Labute approximate surface area is 101 Å². The van der Waals surface area contributed by atoms with Crippen LogP contribution in [0.25, 0.3) is 0 Å². The SMILES string of the molecule is CCCCCCC[CH]([InH2])c1ccon1. The van der Waals surface area contributed by atoms with Crippen molar-refractivity contribution in [2.24, 2.45) is 0 Å². The number of aromatic nitrogens is 1. The zero-order valence-corrected chi connectivity index (χ0v) is 15.0. The average molecular weight is 297 g/mol. The first kappa shape index (κ1) is 12.2. The van der Waals surface area contributed by atoms with Crippen LogP contribution in [0, 0.1) is 0 Å². The van der Waals surface area contributed by atoms with Crippen molar-refractivity contribution in [2.45, 2.75) is 49.1 Å². The summed E-state index contributed by atoms with van der Waals surface area (Å²) in [6.07, 6.45) is 9.89. The van der Waals surface area contributed by atoms with Crippen LogP contribution in [0.3, 0.4) is 0 Å². The first-order valence-corrected chi connectivity index (χ1v) is 9.04. The quantitative estimate of drug-likeness (QED) is 0.723. The Balaban J connectivity index is 2.07. The first-order valence-electron chi connectivity index (χ1n) is 5.75. The fourth-order valence-electron chi connectivity index (χ4n) is 1.68. The van der Waals surface area contributed by atoms with E-state index in [1.807, 2.05) is 6.07 Å². The van der Waals surface area contributed by atoms with Gasteiger partial charge in [-0.25, -0.2) is 0 Å². The predicted molar refractivity (Wildman–Crippen MR) is 61.2 cm³/mol. The Hall–Kier alpha value is 0.0801. The van der Waals surface area contributed by atoms with Crippen LogP contribution in [-0.2, 0) is 0 Å². The van der Waals surface area contributed by atoms with E-state index in [0.717, 1.165) is 3.67 Å². The van der Waals surface area contributed by atoms with Crippen LogP contribution in [0.2, 0.25) is 0 Å². The summed E-state index contributed by atoms with van der Waals surface area (Å²) < 4.78 is 5.63. The molecule has 3 heteroatoms. The van der Waals surface area contributed by atoms with Gasteiger partial charge < -0.3 is 0 Å². The maximum atomic E-state index is 4.86. The molecule has 0 saturated carbocycles. The molecule has 14 heavy (non-hydrogen) atoms. The van der Waals surface area contributed by atoms with E-state index in [1.54, 1.807) is 6.26 Å². The third kappa shape index (κ3) is 4.54. The van der Waals surface area contributed by atoms with Crippen LogP contribution >= 0.6 is 0 Å². The Morgan fingerprint density at radius 1 is 1.36 bits per heavy atom. The molecule has 0 aliphatic rings. The molecule has 0 bridgehead atoms. The number of rotatable bonds is 7. The van der Waals surface area contributed by atoms with Gasteiger partial charge in [0.25, 0.3) is 0 Å². The molecule has 1 rings (SSSR count). The van der Waals surface area contributed by atoms with Gasteiger partial charge in [0.15, 0.2) is 0 Å². The molecule has 0 fully saturated rings. The Kier molecular flexibility index (Phi) is 6.41. The molecule has 0 radical (unpaired) electrons. The van der Waals surface area contributed by atoms with Crippen LogP contribution in [-0.4, -0.2) is 29.5 Å². The third-order valence-electron chi connectivity index (χ3n) is 2.70. The van der Waals surface area contributed by atoms with E-state index in [4.69, 9.17) is 4.52 Å². The van der Waals surface area contributed by atoms with Gasteiger partial charge >= 0.3 is 101 Å². The summed E-state index contributed by atoms with van der Waals surface area (Å²) in [6.45, 7) is 2.26. The maximum absolute atomic E-state index is 4.86. The van der Waals surface area contributed by atoms with Crippen LogP contribution in [0.5, 0.6) is 0 Å². The molecule has 1 aromatic rings. The number of unbranched alkanes of at least 4 members (excludes halogenated alkanes) is 4. The average Bonchev–Trinajstić information content (AvgIpc) is 2.70. The van der Waals surface area contributed by atoms with Gasteiger partial charge in [-0.1, -0.05) is 0 Å². The summed E-state index contributed by atoms with van der Waals surface area (Å²) in [5, 5.41) is 4.01. The molecule has 1 heterocycles. The van der Waals surface area contributed by atoms with Crippen molar-refractivity contribution in [3.63, 3.8) is 0 Å². The zero-order chi connectivity index (χ0) is 10.2. The molecule has 0 aliphatic heterocycles. The van der Waals surface area contributed by atoms with Crippen LogP contribution in [0.1, 0.15) is 54.8 Å². The Morgan fingerprint density at radius 3 is 2.79 bits per heavy atom. The zero-order valence-electron chi connectivity index (χ0n) is 9.33. The molecule has 0 aromatic carbocycles. The van der Waals surface area contributed by atoms with Crippen molar-refractivity contribution in [3.05, 3.63) is 18.0 Å². The second kappa shape index (κ2) is 7.38. The van der Waals surface area contributed by atoms with Gasteiger partial charge in [0.2, 0.25) is 0 Å². The van der Waals surface area contributed by atoms with E-state index in [1.165, 1.54) is 44.2 Å². The summed E-state index contributed by atoms with van der Waals surface area (Å²) in [5.74, 6) is 0. The van der Waals surface area contributed by atoms with E-state index in [0.29, 0.717) is 24.4 Å². The molecule has 1 unspecified atom stereocenters. The topological polar surface area (TPSA) is 26.0 Å². The summed E-state index contributed by atoms with van der Waals surface area (Å²) in [4.78, 5) is 0. The van der Waals surface area contributed by atoms with Crippen molar-refractivity contribution in [3.8, 4) is 0 Å². The summed E-state index contributed by atoms with van der Waals surface area (Å²) in [5.41, 5.74) is 1.19. The monoisotopic (exact) mass is 297 g/mol. The Morgan fingerprint density at radius 2 is 2.14 bits per heavy atom. The molecule has 1 atom stereocenters. The molecular weight excluding hydrogens is 277 g/mol. The van der Waals surface area contributed by atoms with Crippen molar-refractivity contribution in [1.29, 1.82) is 0 Å². The number of hydrogen-bond donors (Lipinski definition) is 0. The molecule has 78 valence electrons. The van der Waals surface area contributed by atoms with Gasteiger partial charge in [0.05, 0.1) is 0 Å². The molecule has 0 saturated heterocycles. The second-order valence-corrected chi connectivity index (χ2v) is 8.01. The van der Waals surface area contributed by atoms with Crippen molar-refractivity contribution in [1.82, 2.24) is 5.16 Å². The molecular formula is C11H20InNO. The molecule has 0 amide bonds. The fraction of sp³-hybridized carbons (Fsp3) is 0.727. The summed E-state index contributed by atoms with van der Waals surface area (Å²) >= 11 is 0.661. The van der Waals surface area contributed by atoms with Crippen LogP contribution in [0.4, 0.5) is 0 Å². The van der Waals surface area contributed by atoms with Crippen LogP contribution < -0.4 is 0 Å². The normalized spacial score (nSPS) is 12.9. The van der Waals surface area contributed by atoms with E-state index < -0.39 is 0 Å². The standard InChI is InChI=1S/C11H18NO.In.2H/c1-2-3-4-5-6-7-8-11-9-10-13-12-11;;;/h8-10H,2-7H2,1H3;;;. The molecule has 0 N–H and O–H groups in total. The minimum atomic E-state index is 0.661. The van der Waals surface area contributed by atoms with Gasteiger partial charge in [-0.3, -0.25) is 0 Å². The fourth-order valence-corrected chi connectivity index (χ4v) is 3.69. The van der Waals surface area contributed by atoms with E-state index in [2.05, 4.69) is 12.1 Å². The van der Waals surface area contributed by atoms with Gasteiger partial charge in [-0.15, -0.1) is 0 Å². The summed E-state index contributed by atoms with van der Waals surface area (Å²) in [7, 11) is 0. The first-order chi connectivity index (χ1) is 6.84. The van der Waals surface area contributed by atoms with Gasteiger partial charge in [0, 0.05) is 0 Å². The Bertz CT molecular complexity index is 223. The van der Waals surface area contributed by atoms with Crippen molar-refractivity contribution >= 4 is 24.4 Å². The molecule has 2 nitrogen and oxygen atoms in total. The van der Waals surface area contributed by atoms with Gasteiger partial charge in [-0.2, -0.15) is 0 Å². The molecule has 0 spiro atoms. The van der Waals surface area contributed by atoms with Gasteiger partial charge in [0.1, 0.15) is 0 Å². The molecule has 1 aromatic heterocycles. The predicted octanol–water partition coefficient (Wildman–Crippen LogP) is 2.71.